The van der Waals surface area contributed by atoms with E-state index >= 15 is 0 Å². The predicted octanol–water partition coefficient (Wildman–Crippen LogP) is 10.2. The van der Waals surface area contributed by atoms with Crippen LogP contribution in [-0.2, 0) is 96.7 Å². The summed E-state index contributed by atoms with van der Waals surface area (Å²) in [7, 11) is 4.52. The van der Waals surface area contributed by atoms with Crippen LogP contribution in [0.4, 0.5) is 0 Å². The van der Waals surface area contributed by atoms with Crippen molar-refractivity contribution in [3.8, 4) is 0 Å². The van der Waals surface area contributed by atoms with E-state index in [0.717, 1.165) is 75.0 Å². The molecule has 0 aliphatic carbocycles. The molecule has 0 heterocycles. The van der Waals surface area contributed by atoms with Crippen molar-refractivity contribution in [2.45, 2.75) is 214 Å². The van der Waals surface area contributed by atoms with E-state index in [1.807, 2.05) is 208 Å². The van der Waals surface area contributed by atoms with Gasteiger partial charge < -0.3 is 108 Å². The second-order valence-corrected chi connectivity index (χ2v) is 27.1. The van der Waals surface area contributed by atoms with Crippen LogP contribution in [0.2, 0.25) is 0 Å². The zero-order valence-corrected chi connectivity index (χ0v) is 69.3. The van der Waals surface area contributed by atoms with Gasteiger partial charge in [0, 0.05) is 135 Å². The van der Waals surface area contributed by atoms with Crippen LogP contribution >= 0.6 is 0 Å². The second-order valence-electron chi connectivity index (χ2n) is 27.1. The Hall–Kier alpha value is -6.99. The standard InChI is InChI=1S/3C14H21NO3.3C11H17NO.3C4H11NO/c3*1-12(15-14(16)11-17-2)8-9-18-10-13-6-4-3-5-7-13;3*1-10(12)7-8-13-9-11-5-3-2-4-6-11;3*1-4(5)2-3-6/h3*3-7,12H,8-11H2,1-2H3,(H,15,16);3*2-6,10H,7-9,12H2,1H3;3*4,6H,2-3,5H2,1H3/t2*12-;;2*10-;;2*4-;/m10.10.10./s1. The molecule has 3 amide bonds. The molecule has 0 saturated carbocycles. The van der Waals surface area contributed by atoms with E-state index in [1.54, 1.807) is 0 Å². The van der Waals surface area contributed by atoms with Gasteiger partial charge in [-0.05, 0) is 153 Å². The number of amides is 3. The molecule has 0 aromatic heterocycles. The lowest BCUT2D eigenvalue weighted by molar-refractivity contribution is -0.126. The van der Waals surface area contributed by atoms with Crippen molar-refractivity contribution < 1.29 is 72.3 Å². The molecule has 6 aromatic carbocycles. The summed E-state index contributed by atoms with van der Waals surface area (Å²) in [6.07, 6.45) is 7.28. The first-order chi connectivity index (χ1) is 53.3. The van der Waals surface area contributed by atoms with E-state index in [9.17, 15) is 14.4 Å². The second kappa shape index (κ2) is 79.6. The first kappa shape index (κ1) is 108. The van der Waals surface area contributed by atoms with Crippen LogP contribution in [0.1, 0.15) is 153 Å². The fourth-order valence-corrected chi connectivity index (χ4v) is 8.34. The Kier molecular flexibility index (Phi) is 77.6. The van der Waals surface area contributed by atoms with Crippen LogP contribution in [-0.4, -0.2) is 188 Å². The fraction of sp³-hybridized carbons (Fsp3) is 0.552. The number of methoxy groups -OCH3 is 3. The van der Waals surface area contributed by atoms with Gasteiger partial charge in [0.25, 0.3) is 0 Å². The molecule has 0 spiro atoms. The smallest absolute Gasteiger partial charge is 0.246 e. The summed E-state index contributed by atoms with van der Waals surface area (Å²) < 4.78 is 47.2. The lowest BCUT2D eigenvalue weighted by Gasteiger charge is -2.13. The number of carbonyl (C=O) groups excluding carboxylic acids is 3. The number of ether oxygens (including phenoxy) is 9. The van der Waals surface area contributed by atoms with E-state index in [1.165, 1.54) is 38.0 Å². The molecule has 3 unspecified atom stereocenters. The Bertz CT molecular complexity index is 2590. The van der Waals surface area contributed by atoms with Crippen molar-refractivity contribution in [1.82, 2.24) is 16.0 Å². The highest BCUT2D eigenvalue weighted by Gasteiger charge is 2.10. The Labute approximate surface area is 667 Å². The summed E-state index contributed by atoms with van der Waals surface area (Å²) >= 11 is 0. The van der Waals surface area contributed by atoms with E-state index < -0.39 is 0 Å². The third-order valence-electron chi connectivity index (χ3n) is 14.7. The van der Waals surface area contributed by atoms with Crippen molar-refractivity contribution in [3.63, 3.8) is 0 Å². The maximum atomic E-state index is 11.2. The molecule has 24 nitrogen and oxygen atoms in total. The maximum Gasteiger partial charge on any atom is 0.246 e. The maximum absolute atomic E-state index is 11.2. The molecule has 0 bridgehead atoms. The molecule has 0 fully saturated rings. The highest BCUT2D eigenvalue weighted by Crippen LogP contribution is 2.08. The lowest BCUT2D eigenvalue weighted by Crippen LogP contribution is -2.35. The largest absolute Gasteiger partial charge is 0.396 e. The number of nitrogens with one attached hydrogen (secondary N) is 3. The first-order valence-corrected chi connectivity index (χ1v) is 38.7. The minimum Gasteiger partial charge on any atom is -0.396 e. The molecule has 630 valence electrons. The number of rotatable bonds is 45. The highest BCUT2D eigenvalue weighted by molar-refractivity contribution is 5.78. The summed E-state index contributed by atoms with van der Waals surface area (Å²) in [4.78, 5) is 33.7. The number of aliphatic hydroxyl groups excluding tert-OH is 3. The topological polar surface area (TPSA) is 387 Å². The van der Waals surface area contributed by atoms with Gasteiger partial charge >= 0.3 is 0 Å². The Morgan fingerprint density at radius 1 is 0.270 bits per heavy atom. The van der Waals surface area contributed by atoms with Crippen molar-refractivity contribution in [2.75, 3.05) is 101 Å². The molecular weight excluding hydrogens is 1410 g/mol. The van der Waals surface area contributed by atoms with Crippen molar-refractivity contribution in [3.05, 3.63) is 215 Å². The summed E-state index contributed by atoms with van der Waals surface area (Å²) in [5.74, 6) is -0.269. The van der Waals surface area contributed by atoms with Crippen molar-refractivity contribution >= 4 is 17.7 Å². The first-order valence-electron chi connectivity index (χ1n) is 38.7. The van der Waals surface area contributed by atoms with Gasteiger partial charge in [-0.25, -0.2) is 0 Å². The zero-order chi connectivity index (χ0) is 83.2. The zero-order valence-electron chi connectivity index (χ0n) is 69.3. The number of hydrogen-bond donors (Lipinski definition) is 12. The number of nitrogens with two attached hydrogens (primary N) is 6. The van der Waals surface area contributed by atoms with Crippen LogP contribution in [0.25, 0.3) is 0 Å². The highest BCUT2D eigenvalue weighted by atomic mass is 16.5. The SMILES string of the molecule is CC(N)CCO.CC(N)CCOCc1ccccc1.COCC(=O)NC(C)CCOCc1ccccc1.COCC(=O)N[C@@H](C)CCOCc1ccccc1.COCC(=O)N[C@H](C)CCOCc1ccccc1.C[C@@H](N)CCO.C[C@@H](N)CCOCc1ccccc1.C[C@H](N)CCO.C[C@H](N)CCOCc1ccccc1. The summed E-state index contributed by atoms with van der Waals surface area (Å²) in [5, 5.41) is 33.0. The van der Waals surface area contributed by atoms with Gasteiger partial charge in [0.2, 0.25) is 17.7 Å². The average molecular weight is 1560 g/mol. The predicted molar refractivity (Wildman–Crippen MR) is 450 cm³/mol. The molecule has 0 saturated heterocycles. The molecule has 6 aromatic rings. The van der Waals surface area contributed by atoms with Gasteiger partial charge in [-0.1, -0.05) is 182 Å². The molecule has 0 radical (unpaired) electrons. The van der Waals surface area contributed by atoms with Crippen LogP contribution < -0.4 is 50.4 Å². The molecule has 6 rings (SSSR count). The molecule has 24 heteroatoms. The third-order valence-corrected chi connectivity index (χ3v) is 14.7. The van der Waals surface area contributed by atoms with Gasteiger partial charge in [0.1, 0.15) is 19.8 Å². The Morgan fingerprint density at radius 2 is 0.423 bits per heavy atom. The minimum absolute atomic E-state index is 0.0898. The van der Waals surface area contributed by atoms with E-state index in [2.05, 4.69) is 52.3 Å². The Balaban J connectivity index is -0.00000121. The number of carbonyl (C=O) groups is 3. The Morgan fingerprint density at radius 3 is 0.550 bits per heavy atom. The monoisotopic (exact) mass is 1560 g/mol. The van der Waals surface area contributed by atoms with Crippen molar-refractivity contribution in [1.29, 1.82) is 0 Å². The number of aliphatic hydroxyl groups is 3. The van der Waals surface area contributed by atoms with Gasteiger partial charge in [-0.15, -0.1) is 0 Å². The van der Waals surface area contributed by atoms with E-state index in [4.69, 9.17) is 92.4 Å². The molecule has 18 N–H and O–H groups in total. The van der Waals surface area contributed by atoms with Crippen LogP contribution in [0.15, 0.2) is 182 Å². The molecule has 9 atom stereocenters. The van der Waals surface area contributed by atoms with Gasteiger partial charge in [0.05, 0.1) is 39.6 Å². The summed E-state index contributed by atoms with van der Waals surface area (Å²) in [6, 6.07) is 62.0. The molecule has 111 heavy (non-hydrogen) atoms. The van der Waals surface area contributed by atoms with Crippen LogP contribution in [0.3, 0.4) is 0 Å². The molecular formula is C87H147N9O15. The molecule has 0 aliphatic rings. The van der Waals surface area contributed by atoms with Crippen molar-refractivity contribution in [2.24, 2.45) is 34.4 Å². The minimum atomic E-state index is -0.0898. The van der Waals surface area contributed by atoms with E-state index in [0.29, 0.717) is 78.7 Å². The summed E-state index contributed by atoms with van der Waals surface area (Å²) in [6.45, 7) is 26.4. The van der Waals surface area contributed by atoms with Crippen LogP contribution in [0.5, 0.6) is 0 Å². The van der Waals surface area contributed by atoms with E-state index in [-0.39, 0.29) is 112 Å². The average Bonchev–Trinajstić information content (AvgIpc) is 1.03. The number of benzene rings is 6. The number of hydrogen-bond acceptors (Lipinski definition) is 21. The third kappa shape index (κ3) is 82.3. The van der Waals surface area contributed by atoms with Gasteiger partial charge in [-0.3, -0.25) is 14.4 Å². The summed E-state index contributed by atoms with van der Waals surface area (Å²) in [5.41, 5.74) is 39.6. The molecule has 0 aliphatic heterocycles. The van der Waals surface area contributed by atoms with Crippen LogP contribution in [0, 0.1) is 0 Å². The quantitative estimate of drug-likeness (QED) is 0.0158. The van der Waals surface area contributed by atoms with Gasteiger partial charge in [0.15, 0.2) is 0 Å². The van der Waals surface area contributed by atoms with Gasteiger partial charge in [-0.2, -0.15) is 0 Å². The normalized spacial score (nSPS) is 12.7. The lowest BCUT2D eigenvalue weighted by atomic mass is 10.2. The fourth-order valence-electron chi connectivity index (χ4n) is 8.34.